The topological polar surface area (TPSA) is 74.6 Å². The Morgan fingerprint density at radius 3 is 2.06 bits per heavy atom. The molecular weight excluding hydrogens is 208 g/mol. The van der Waals surface area contributed by atoms with Gasteiger partial charge in [-0.15, -0.1) is 0 Å². The van der Waals surface area contributed by atoms with E-state index in [1.165, 1.54) is 0 Å². The molecule has 0 aromatic rings. The smallest absolute Gasteiger partial charge is 0.331 e. The van der Waals surface area contributed by atoms with Crippen molar-refractivity contribution in [3.8, 4) is 0 Å². The van der Waals surface area contributed by atoms with Crippen molar-refractivity contribution >= 4 is 11.9 Å². The largest absolute Gasteiger partial charge is 0.481 e. The number of hydrogen-bond acceptors (Lipinski definition) is 2. The van der Waals surface area contributed by atoms with Crippen molar-refractivity contribution in [3.63, 3.8) is 0 Å². The summed E-state index contributed by atoms with van der Waals surface area (Å²) in [6, 6.07) is 0. The van der Waals surface area contributed by atoms with Gasteiger partial charge in [0.1, 0.15) is 0 Å². The Labute approximate surface area is 95.0 Å². The average molecular weight is 226 g/mol. The predicted octanol–water partition coefficient (Wildman–Crippen LogP) is 2.30. The zero-order valence-corrected chi connectivity index (χ0v) is 9.53. The molecular formula is C12H18O4. The lowest BCUT2D eigenvalue weighted by Crippen LogP contribution is -2.38. The third-order valence-corrected chi connectivity index (χ3v) is 3.56. The maximum Gasteiger partial charge on any atom is 0.331 e. The van der Waals surface area contributed by atoms with Crippen LogP contribution < -0.4 is 0 Å². The van der Waals surface area contributed by atoms with Gasteiger partial charge in [-0.2, -0.15) is 0 Å². The van der Waals surface area contributed by atoms with Crippen LogP contribution in [0.2, 0.25) is 0 Å². The first-order chi connectivity index (χ1) is 7.38. The quantitative estimate of drug-likeness (QED) is 0.721. The third kappa shape index (κ3) is 2.43. The van der Waals surface area contributed by atoms with E-state index >= 15 is 0 Å². The van der Waals surface area contributed by atoms with Crippen LogP contribution in [0.3, 0.4) is 0 Å². The summed E-state index contributed by atoms with van der Waals surface area (Å²) in [7, 11) is 0. The summed E-state index contributed by atoms with van der Waals surface area (Å²) in [5.41, 5.74) is -0.656. The second-order valence-corrected chi connectivity index (χ2v) is 4.82. The molecule has 1 unspecified atom stereocenters. The molecule has 4 heteroatoms. The molecule has 0 bridgehead atoms. The molecule has 90 valence electrons. The Morgan fingerprint density at radius 1 is 1.19 bits per heavy atom. The molecule has 16 heavy (non-hydrogen) atoms. The van der Waals surface area contributed by atoms with Crippen LogP contribution in [-0.4, -0.2) is 22.2 Å². The monoisotopic (exact) mass is 226 g/mol. The van der Waals surface area contributed by atoms with E-state index < -0.39 is 23.3 Å². The van der Waals surface area contributed by atoms with Gasteiger partial charge in [-0.05, 0) is 18.3 Å². The van der Waals surface area contributed by atoms with Crippen molar-refractivity contribution < 1.29 is 19.8 Å². The average Bonchev–Trinajstić information content (AvgIpc) is 2.17. The van der Waals surface area contributed by atoms with Crippen LogP contribution in [0.25, 0.3) is 0 Å². The summed E-state index contributed by atoms with van der Waals surface area (Å²) >= 11 is 0. The molecule has 0 radical (unpaired) electrons. The highest BCUT2D eigenvalue weighted by Gasteiger charge is 2.43. The molecule has 1 saturated carbocycles. The molecule has 1 aliphatic rings. The summed E-state index contributed by atoms with van der Waals surface area (Å²) in [5, 5.41) is 18.1. The van der Waals surface area contributed by atoms with Crippen LogP contribution in [0.5, 0.6) is 0 Å². The lowest BCUT2D eigenvalue weighted by Gasteiger charge is -2.38. The minimum atomic E-state index is -1.21. The Morgan fingerprint density at radius 2 is 1.69 bits per heavy atom. The molecule has 0 heterocycles. The summed E-state index contributed by atoms with van der Waals surface area (Å²) < 4.78 is 0. The standard InChI is InChI=1S/C12H18O4/c1-8(10(13)14)9(11(15)16)12(2)6-4-3-5-7-12/h9H,1,3-7H2,2H3,(H,13,14)(H,15,16). The second-order valence-electron chi connectivity index (χ2n) is 4.82. The Bertz CT molecular complexity index is 313. The normalized spacial score (nSPS) is 21.1. The van der Waals surface area contributed by atoms with Crippen molar-refractivity contribution in [1.82, 2.24) is 0 Å². The van der Waals surface area contributed by atoms with Gasteiger partial charge < -0.3 is 10.2 Å². The van der Waals surface area contributed by atoms with E-state index in [1.807, 2.05) is 6.92 Å². The first-order valence-electron chi connectivity index (χ1n) is 5.53. The highest BCUT2D eigenvalue weighted by molar-refractivity contribution is 5.93. The van der Waals surface area contributed by atoms with E-state index in [1.54, 1.807) is 0 Å². The summed E-state index contributed by atoms with van der Waals surface area (Å²) in [5.74, 6) is -3.25. The molecule has 1 atom stereocenters. The minimum absolute atomic E-state index is 0.197. The molecule has 0 spiro atoms. The van der Waals surface area contributed by atoms with E-state index in [4.69, 9.17) is 5.11 Å². The first-order valence-corrected chi connectivity index (χ1v) is 5.53. The fourth-order valence-corrected chi connectivity index (χ4v) is 2.64. The Balaban J connectivity index is 2.96. The van der Waals surface area contributed by atoms with Gasteiger partial charge >= 0.3 is 11.9 Å². The maximum absolute atomic E-state index is 11.2. The minimum Gasteiger partial charge on any atom is -0.481 e. The molecule has 0 amide bonds. The molecule has 0 aliphatic heterocycles. The Kier molecular flexibility index (Phi) is 3.73. The molecule has 4 nitrogen and oxygen atoms in total. The maximum atomic E-state index is 11.2. The van der Waals surface area contributed by atoms with Crippen LogP contribution in [-0.2, 0) is 9.59 Å². The summed E-state index contributed by atoms with van der Waals surface area (Å²) in [6.07, 6.45) is 4.55. The first kappa shape index (κ1) is 12.7. The van der Waals surface area contributed by atoms with Crippen molar-refractivity contribution in [2.75, 3.05) is 0 Å². The van der Waals surface area contributed by atoms with Crippen LogP contribution in [0.4, 0.5) is 0 Å². The van der Waals surface area contributed by atoms with E-state index in [2.05, 4.69) is 6.58 Å². The van der Waals surface area contributed by atoms with Crippen molar-refractivity contribution in [2.24, 2.45) is 11.3 Å². The molecule has 1 aliphatic carbocycles. The number of carboxylic acids is 2. The summed E-state index contributed by atoms with van der Waals surface area (Å²) in [6.45, 7) is 5.28. The van der Waals surface area contributed by atoms with Gasteiger partial charge in [0.05, 0.1) is 5.92 Å². The van der Waals surface area contributed by atoms with E-state index in [0.29, 0.717) is 0 Å². The number of aliphatic carboxylic acids is 2. The van der Waals surface area contributed by atoms with Crippen molar-refractivity contribution in [1.29, 1.82) is 0 Å². The third-order valence-electron chi connectivity index (χ3n) is 3.56. The Hall–Kier alpha value is -1.32. The van der Waals surface area contributed by atoms with Crippen LogP contribution in [0, 0.1) is 11.3 Å². The molecule has 1 rings (SSSR count). The van der Waals surface area contributed by atoms with Gasteiger partial charge in [0.15, 0.2) is 0 Å². The van der Waals surface area contributed by atoms with E-state index in [-0.39, 0.29) is 5.57 Å². The predicted molar refractivity (Wildman–Crippen MR) is 59.1 cm³/mol. The molecule has 2 N–H and O–H groups in total. The molecule has 0 aromatic carbocycles. The van der Waals surface area contributed by atoms with Crippen molar-refractivity contribution in [3.05, 3.63) is 12.2 Å². The molecule has 0 aromatic heterocycles. The van der Waals surface area contributed by atoms with E-state index in [0.717, 1.165) is 32.1 Å². The van der Waals surface area contributed by atoms with Crippen LogP contribution >= 0.6 is 0 Å². The zero-order valence-electron chi connectivity index (χ0n) is 9.53. The second kappa shape index (κ2) is 4.68. The van der Waals surface area contributed by atoms with Gasteiger partial charge in [-0.25, -0.2) is 4.79 Å². The zero-order chi connectivity index (χ0) is 12.3. The fourth-order valence-electron chi connectivity index (χ4n) is 2.64. The number of carbonyl (C=O) groups is 2. The fraction of sp³-hybridized carbons (Fsp3) is 0.667. The SMILES string of the molecule is C=C(C(=O)O)C(C(=O)O)C1(C)CCCCC1. The van der Waals surface area contributed by atoms with Crippen LogP contribution in [0.1, 0.15) is 39.0 Å². The number of hydrogen-bond donors (Lipinski definition) is 2. The highest BCUT2D eigenvalue weighted by Crippen LogP contribution is 2.44. The van der Waals surface area contributed by atoms with E-state index in [9.17, 15) is 14.7 Å². The number of rotatable bonds is 4. The van der Waals surface area contributed by atoms with Crippen molar-refractivity contribution in [2.45, 2.75) is 39.0 Å². The van der Waals surface area contributed by atoms with Gasteiger partial charge in [-0.3, -0.25) is 4.79 Å². The lowest BCUT2D eigenvalue weighted by atomic mass is 9.65. The molecule has 1 fully saturated rings. The number of carboxylic acid groups (broad SMARTS) is 2. The van der Waals surface area contributed by atoms with Crippen LogP contribution in [0.15, 0.2) is 12.2 Å². The van der Waals surface area contributed by atoms with Gasteiger partial charge in [0, 0.05) is 5.57 Å². The highest BCUT2D eigenvalue weighted by atomic mass is 16.4. The lowest BCUT2D eigenvalue weighted by molar-refractivity contribution is -0.148. The van der Waals surface area contributed by atoms with Gasteiger partial charge in [0.2, 0.25) is 0 Å². The summed E-state index contributed by atoms with van der Waals surface area (Å²) in [4.78, 5) is 22.1. The van der Waals surface area contributed by atoms with Gasteiger partial charge in [0.25, 0.3) is 0 Å². The van der Waals surface area contributed by atoms with Gasteiger partial charge in [-0.1, -0.05) is 32.8 Å². The molecule has 0 saturated heterocycles.